The molecule has 7 heteroatoms. The van der Waals surface area contributed by atoms with Crippen LogP contribution in [0, 0.1) is 6.92 Å². The van der Waals surface area contributed by atoms with Gasteiger partial charge in [0.15, 0.2) is 0 Å². The molecule has 0 radical (unpaired) electrons. The summed E-state index contributed by atoms with van der Waals surface area (Å²) in [7, 11) is 0. The molecule has 0 heterocycles. The van der Waals surface area contributed by atoms with Crippen molar-refractivity contribution in [1.29, 1.82) is 0 Å². The predicted octanol–water partition coefficient (Wildman–Crippen LogP) is 3.63. The maximum absolute atomic E-state index is 12.3. The Labute approximate surface area is 183 Å². The van der Waals surface area contributed by atoms with Gasteiger partial charge in [-0.2, -0.15) is 0 Å². The monoisotopic (exact) mass is 431 g/mol. The third kappa shape index (κ3) is 8.95. The molecule has 2 amide bonds. The van der Waals surface area contributed by atoms with Gasteiger partial charge in [0.1, 0.15) is 0 Å². The number of hydrogen-bond acceptors (Lipinski definition) is 4. The number of carbonyl (C=O) groups excluding carboxylic acids is 2. The molecule has 0 atom stereocenters. The summed E-state index contributed by atoms with van der Waals surface area (Å²) in [6.45, 7) is 6.41. The Morgan fingerprint density at radius 2 is 1.80 bits per heavy atom. The smallest absolute Gasteiger partial charge is 0.238 e. The molecule has 2 aromatic carbocycles. The molecule has 0 aliphatic carbocycles. The number of hydrogen-bond donors (Lipinski definition) is 2. The Kier molecular flexibility index (Phi) is 10.3. The van der Waals surface area contributed by atoms with Crippen LogP contribution in [0.4, 0.5) is 5.69 Å². The first-order chi connectivity index (χ1) is 14.5. The van der Waals surface area contributed by atoms with Crippen molar-refractivity contribution in [1.82, 2.24) is 10.2 Å². The molecule has 0 bridgehead atoms. The highest BCUT2D eigenvalue weighted by molar-refractivity contribution is 6.31. The maximum Gasteiger partial charge on any atom is 0.238 e. The SMILES string of the molecule is CCN(CC(=O)NCCCOCc1ccccc1)CC(=O)Nc1cc(Cl)ccc1C. The second-order valence-corrected chi connectivity index (χ2v) is 7.49. The van der Waals surface area contributed by atoms with Crippen LogP contribution in [0.15, 0.2) is 48.5 Å². The van der Waals surface area contributed by atoms with Crippen molar-refractivity contribution in [3.8, 4) is 0 Å². The van der Waals surface area contributed by atoms with E-state index >= 15 is 0 Å². The van der Waals surface area contributed by atoms with Gasteiger partial charge in [0.2, 0.25) is 11.8 Å². The van der Waals surface area contributed by atoms with Crippen molar-refractivity contribution in [2.75, 3.05) is 38.1 Å². The summed E-state index contributed by atoms with van der Waals surface area (Å²) in [4.78, 5) is 26.3. The Balaban J connectivity index is 1.63. The largest absolute Gasteiger partial charge is 0.377 e. The molecule has 0 fully saturated rings. The molecule has 2 aromatic rings. The van der Waals surface area contributed by atoms with Gasteiger partial charge in [0, 0.05) is 23.9 Å². The van der Waals surface area contributed by atoms with Gasteiger partial charge >= 0.3 is 0 Å². The number of ether oxygens (including phenoxy) is 1. The van der Waals surface area contributed by atoms with Crippen molar-refractivity contribution in [2.24, 2.45) is 0 Å². The zero-order valence-electron chi connectivity index (χ0n) is 17.6. The van der Waals surface area contributed by atoms with E-state index in [1.165, 1.54) is 0 Å². The van der Waals surface area contributed by atoms with Crippen LogP contribution in [-0.2, 0) is 20.9 Å². The van der Waals surface area contributed by atoms with Crippen LogP contribution >= 0.6 is 11.6 Å². The highest BCUT2D eigenvalue weighted by Gasteiger charge is 2.14. The topological polar surface area (TPSA) is 70.7 Å². The van der Waals surface area contributed by atoms with E-state index in [0.29, 0.717) is 37.0 Å². The highest BCUT2D eigenvalue weighted by Crippen LogP contribution is 2.20. The fourth-order valence-electron chi connectivity index (χ4n) is 2.83. The Bertz CT molecular complexity index is 815. The van der Waals surface area contributed by atoms with Gasteiger partial charge in [-0.1, -0.05) is 54.9 Å². The lowest BCUT2D eigenvalue weighted by molar-refractivity contribution is -0.123. The van der Waals surface area contributed by atoms with E-state index in [2.05, 4.69) is 10.6 Å². The van der Waals surface area contributed by atoms with E-state index in [1.807, 2.05) is 50.2 Å². The van der Waals surface area contributed by atoms with Crippen molar-refractivity contribution < 1.29 is 14.3 Å². The molecule has 0 aliphatic rings. The average molecular weight is 432 g/mol. The number of halogens is 1. The lowest BCUT2D eigenvalue weighted by Gasteiger charge is -2.19. The minimum absolute atomic E-state index is 0.105. The fraction of sp³-hybridized carbons (Fsp3) is 0.391. The summed E-state index contributed by atoms with van der Waals surface area (Å²) >= 11 is 5.99. The van der Waals surface area contributed by atoms with Crippen LogP contribution in [0.3, 0.4) is 0 Å². The van der Waals surface area contributed by atoms with Crippen molar-refractivity contribution in [3.05, 3.63) is 64.7 Å². The van der Waals surface area contributed by atoms with Gasteiger partial charge < -0.3 is 15.4 Å². The van der Waals surface area contributed by atoms with Crippen LogP contribution in [0.1, 0.15) is 24.5 Å². The molecule has 0 aromatic heterocycles. The first kappa shape index (κ1) is 23.9. The first-order valence-electron chi connectivity index (χ1n) is 10.1. The average Bonchev–Trinajstić information content (AvgIpc) is 2.73. The summed E-state index contributed by atoms with van der Waals surface area (Å²) < 4.78 is 5.61. The van der Waals surface area contributed by atoms with Crippen LogP contribution in [-0.4, -0.2) is 49.5 Å². The second-order valence-electron chi connectivity index (χ2n) is 7.05. The predicted molar refractivity (Wildman–Crippen MR) is 121 cm³/mol. The molecule has 2 N–H and O–H groups in total. The van der Waals surface area contributed by atoms with E-state index < -0.39 is 0 Å². The molecular formula is C23H30ClN3O3. The van der Waals surface area contributed by atoms with Crippen molar-refractivity contribution in [3.63, 3.8) is 0 Å². The van der Waals surface area contributed by atoms with Gasteiger partial charge in [-0.3, -0.25) is 14.5 Å². The van der Waals surface area contributed by atoms with Gasteiger partial charge in [0.25, 0.3) is 0 Å². The molecule has 0 aliphatic heterocycles. The Hall–Kier alpha value is -2.41. The number of likely N-dealkylation sites (N-methyl/N-ethyl adjacent to an activating group) is 1. The lowest BCUT2D eigenvalue weighted by atomic mass is 10.2. The van der Waals surface area contributed by atoms with E-state index in [1.54, 1.807) is 17.0 Å². The van der Waals surface area contributed by atoms with Gasteiger partial charge in [-0.05, 0) is 43.1 Å². The highest BCUT2D eigenvalue weighted by atomic mass is 35.5. The van der Waals surface area contributed by atoms with E-state index in [9.17, 15) is 9.59 Å². The number of anilines is 1. The van der Waals surface area contributed by atoms with Gasteiger partial charge in [-0.15, -0.1) is 0 Å². The minimum Gasteiger partial charge on any atom is -0.377 e. The molecule has 162 valence electrons. The van der Waals surface area contributed by atoms with Crippen LogP contribution in [0.5, 0.6) is 0 Å². The maximum atomic E-state index is 12.3. The minimum atomic E-state index is -0.177. The Morgan fingerprint density at radius 3 is 2.53 bits per heavy atom. The van der Waals surface area contributed by atoms with E-state index in [4.69, 9.17) is 16.3 Å². The molecule has 0 spiro atoms. The van der Waals surface area contributed by atoms with E-state index in [-0.39, 0.29) is 24.9 Å². The number of nitrogens with one attached hydrogen (secondary N) is 2. The van der Waals surface area contributed by atoms with Gasteiger partial charge in [-0.25, -0.2) is 0 Å². The number of benzene rings is 2. The fourth-order valence-corrected chi connectivity index (χ4v) is 3.00. The second kappa shape index (κ2) is 13.0. The van der Waals surface area contributed by atoms with Crippen molar-refractivity contribution in [2.45, 2.75) is 26.9 Å². The van der Waals surface area contributed by atoms with Gasteiger partial charge in [0.05, 0.1) is 19.7 Å². The molecule has 30 heavy (non-hydrogen) atoms. The third-order valence-electron chi connectivity index (χ3n) is 4.55. The molecule has 0 unspecified atom stereocenters. The zero-order chi connectivity index (χ0) is 21.8. The third-order valence-corrected chi connectivity index (χ3v) is 4.79. The number of nitrogens with zero attached hydrogens (tertiary/aromatic N) is 1. The summed E-state index contributed by atoms with van der Waals surface area (Å²) in [5.74, 6) is -0.282. The molecule has 6 nitrogen and oxygen atoms in total. The van der Waals surface area contributed by atoms with Crippen LogP contribution in [0.25, 0.3) is 0 Å². The number of carbonyl (C=O) groups is 2. The van der Waals surface area contributed by atoms with Crippen molar-refractivity contribution >= 4 is 29.1 Å². The summed E-state index contributed by atoms with van der Waals surface area (Å²) in [6.07, 6.45) is 0.735. The standard InChI is InChI=1S/C23H30ClN3O3/c1-3-27(16-23(29)26-21-14-20(24)11-10-18(21)2)15-22(28)25-12-7-13-30-17-19-8-5-4-6-9-19/h4-6,8-11,14H,3,7,12-13,15-17H2,1-2H3,(H,25,28)(H,26,29). The number of amides is 2. The zero-order valence-corrected chi connectivity index (χ0v) is 18.4. The Morgan fingerprint density at radius 1 is 1.07 bits per heavy atom. The lowest BCUT2D eigenvalue weighted by Crippen LogP contribution is -2.41. The normalized spacial score (nSPS) is 10.8. The molecule has 2 rings (SSSR count). The number of rotatable bonds is 12. The summed E-state index contributed by atoms with van der Waals surface area (Å²) in [6, 6.07) is 15.3. The number of aryl methyl sites for hydroxylation is 1. The molecule has 0 saturated heterocycles. The van der Waals surface area contributed by atoms with E-state index in [0.717, 1.165) is 17.5 Å². The molecular weight excluding hydrogens is 402 g/mol. The summed E-state index contributed by atoms with van der Waals surface area (Å²) in [5, 5.41) is 6.30. The quantitative estimate of drug-likeness (QED) is 0.503. The van der Waals surface area contributed by atoms with Crippen LogP contribution in [0.2, 0.25) is 5.02 Å². The first-order valence-corrected chi connectivity index (χ1v) is 10.5. The molecule has 0 saturated carbocycles. The summed E-state index contributed by atoms with van der Waals surface area (Å²) in [5.41, 5.74) is 2.75. The van der Waals surface area contributed by atoms with Crippen LogP contribution < -0.4 is 10.6 Å².